The monoisotopic (exact) mass is 717 g/mol. The number of ether oxygens (including phenoxy) is 2. The molecule has 4 heteroatoms. The molecule has 0 spiro atoms. The van der Waals surface area contributed by atoms with E-state index in [1.165, 1.54) is 186 Å². The highest BCUT2D eigenvalue weighted by molar-refractivity contribution is 5.69. The van der Waals surface area contributed by atoms with Crippen LogP contribution in [0.25, 0.3) is 0 Å². The molecule has 0 heterocycles. The lowest BCUT2D eigenvalue weighted by Crippen LogP contribution is -2.27. The van der Waals surface area contributed by atoms with Gasteiger partial charge >= 0.3 is 5.97 Å². The number of unbranched alkanes of at least 4 members (excludes halogenated alkanes) is 28. The number of aliphatic hydroxyl groups excluding tert-OH is 1. The molecule has 0 aliphatic carbocycles. The molecule has 1 atom stereocenters. The van der Waals surface area contributed by atoms with Crippen LogP contribution in [0.1, 0.15) is 232 Å². The molecule has 0 radical (unpaired) electrons. The summed E-state index contributed by atoms with van der Waals surface area (Å²) < 4.78 is 11.2. The van der Waals surface area contributed by atoms with Gasteiger partial charge < -0.3 is 14.6 Å². The summed E-state index contributed by atoms with van der Waals surface area (Å²) >= 11 is 0. The lowest BCUT2D eigenvalue weighted by atomic mass is 10.1. The van der Waals surface area contributed by atoms with E-state index < -0.39 is 6.10 Å². The van der Waals surface area contributed by atoms with Crippen LogP contribution in [-0.4, -0.2) is 37.0 Å². The van der Waals surface area contributed by atoms with E-state index in [1.807, 2.05) is 0 Å². The third-order valence-electron chi connectivity index (χ3n) is 9.94. The summed E-state index contributed by atoms with van der Waals surface area (Å²) in [6.07, 6.45) is 56.4. The van der Waals surface area contributed by atoms with E-state index in [1.54, 1.807) is 0 Å². The predicted octanol–water partition coefficient (Wildman–Crippen LogP) is 14.9. The van der Waals surface area contributed by atoms with Gasteiger partial charge in [0.15, 0.2) is 0 Å². The smallest absolute Gasteiger partial charge is 0.306 e. The molecule has 1 unspecified atom stereocenters. The van der Waals surface area contributed by atoms with Gasteiger partial charge in [0.2, 0.25) is 0 Å². The van der Waals surface area contributed by atoms with E-state index in [0.29, 0.717) is 19.6 Å². The maximum absolute atomic E-state index is 12.2. The van der Waals surface area contributed by atoms with Crippen LogP contribution < -0.4 is 0 Å². The number of hydrogen-bond donors (Lipinski definition) is 1. The van der Waals surface area contributed by atoms with Crippen LogP contribution in [0.4, 0.5) is 0 Å². The van der Waals surface area contributed by atoms with Crippen molar-refractivity contribution in [3.8, 4) is 0 Å². The van der Waals surface area contributed by atoms with E-state index in [0.717, 1.165) is 25.7 Å². The number of esters is 1. The van der Waals surface area contributed by atoms with Gasteiger partial charge in [0.25, 0.3) is 0 Å². The summed E-state index contributed by atoms with van der Waals surface area (Å²) in [5.41, 5.74) is 0. The first-order valence-corrected chi connectivity index (χ1v) is 22.6. The standard InChI is InChI=1S/C47H88O4/c1-3-5-7-9-11-13-15-17-19-21-23-24-25-26-28-30-32-34-36-38-40-42-47(49)51-46(44-48)45-50-43-41-39-37-35-33-31-29-27-22-20-18-16-14-12-10-8-6-4-2/h12,14,18,20-21,23,46,48H,3-11,13,15-17,19,22,24-45H2,1-2H3/b14-12-,20-18-,23-21-. The van der Waals surface area contributed by atoms with Crippen molar-refractivity contribution in [2.75, 3.05) is 19.8 Å². The minimum Gasteiger partial charge on any atom is -0.457 e. The van der Waals surface area contributed by atoms with Crippen LogP contribution in [0, 0.1) is 0 Å². The number of hydrogen-bond acceptors (Lipinski definition) is 4. The second-order valence-electron chi connectivity index (χ2n) is 15.1. The average molecular weight is 717 g/mol. The topological polar surface area (TPSA) is 55.8 Å². The van der Waals surface area contributed by atoms with Gasteiger partial charge in [-0.2, -0.15) is 0 Å². The molecule has 0 bridgehead atoms. The summed E-state index contributed by atoms with van der Waals surface area (Å²) in [5.74, 6) is -0.203. The quantitative estimate of drug-likeness (QED) is 0.0388. The molecule has 0 aromatic carbocycles. The maximum Gasteiger partial charge on any atom is 0.306 e. The summed E-state index contributed by atoms with van der Waals surface area (Å²) in [6, 6.07) is 0. The van der Waals surface area contributed by atoms with Crippen LogP contribution >= 0.6 is 0 Å². The molecule has 0 aliphatic rings. The predicted molar refractivity (Wildman–Crippen MR) is 224 cm³/mol. The molecular formula is C47H88O4. The first-order chi connectivity index (χ1) is 25.2. The summed E-state index contributed by atoms with van der Waals surface area (Å²) in [6.45, 7) is 5.33. The third kappa shape index (κ3) is 42.9. The summed E-state index contributed by atoms with van der Waals surface area (Å²) in [7, 11) is 0. The molecule has 0 rings (SSSR count). The van der Waals surface area contributed by atoms with E-state index in [9.17, 15) is 9.90 Å². The number of carbonyl (C=O) groups excluding carboxylic acids is 1. The van der Waals surface area contributed by atoms with Crippen LogP contribution in [-0.2, 0) is 14.3 Å². The first-order valence-electron chi connectivity index (χ1n) is 22.6. The van der Waals surface area contributed by atoms with Crippen LogP contribution in [0.2, 0.25) is 0 Å². The molecule has 0 fully saturated rings. The molecule has 300 valence electrons. The Labute approximate surface area is 319 Å². The number of rotatable bonds is 42. The van der Waals surface area contributed by atoms with Crippen LogP contribution in [0.5, 0.6) is 0 Å². The van der Waals surface area contributed by atoms with Gasteiger partial charge in [0.05, 0.1) is 13.2 Å². The molecule has 0 saturated carbocycles. The SMILES string of the molecule is CCCCC/C=C\C/C=C\CCCCCCCCCCOCC(CO)OC(=O)CCCCCCCCCCC/C=C\CCCCCCCCCC. The van der Waals surface area contributed by atoms with Crippen molar-refractivity contribution in [2.45, 2.75) is 238 Å². The normalized spacial score (nSPS) is 12.6. The molecule has 0 aromatic heterocycles. The largest absolute Gasteiger partial charge is 0.457 e. The maximum atomic E-state index is 12.2. The molecule has 4 nitrogen and oxygen atoms in total. The number of carbonyl (C=O) groups is 1. The second-order valence-corrected chi connectivity index (χ2v) is 15.1. The fourth-order valence-corrected chi connectivity index (χ4v) is 6.53. The second kappa shape index (κ2) is 44.8. The number of aliphatic hydroxyl groups is 1. The van der Waals surface area contributed by atoms with E-state index in [-0.39, 0.29) is 12.6 Å². The van der Waals surface area contributed by atoms with Gasteiger partial charge in [0, 0.05) is 13.0 Å². The highest BCUT2D eigenvalue weighted by Crippen LogP contribution is 2.14. The van der Waals surface area contributed by atoms with Crippen molar-refractivity contribution in [2.24, 2.45) is 0 Å². The molecule has 0 saturated heterocycles. The molecular weight excluding hydrogens is 629 g/mol. The Bertz CT molecular complexity index is 757. The first kappa shape index (κ1) is 49.6. The fourth-order valence-electron chi connectivity index (χ4n) is 6.53. The van der Waals surface area contributed by atoms with Crippen molar-refractivity contribution in [1.82, 2.24) is 0 Å². The van der Waals surface area contributed by atoms with Crippen molar-refractivity contribution >= 4 is 5.97 Å². The molecule has 1 N–H and O–H groups in total. The number of allylic oxidation sites excluding steroid dienone is 6. The average Bonchev–Trinajstić information content (AvgIpc) is 3.14. The van der Waals surface area contributed by atoms with Gasteiger partial charge in [-0.05, 0) is 70.6 Å². The van der Waals surface area contributed by atoms with E-state index in [2.05, 4.69) is 50.3 Å². The highest BCUT2D eigenvalue weighted by atomic mass is 16.6. The van der Waals surface area contributed by atoms with Crippen LogP contribution in [0.3, 0.4) is 0 Å². The van der Waals surface area contributed by atoms with Gasteiger partial charge in [-0.3, -0.25) is 4.79 Å². The summed E-state index contributed by atoms with van der Waals surface area (Å²) in [5, 5.41) is 9.61. The van der Waals surface area contributed by atoms with Crippen LogP contribution in [0.15, 0.2) is 36.5 Å². The Morgan fingerprint density at radius 3 is 1.27 bits per heavy atom. The fraction of sp³-hybridized carbons (Fsp3) is 0.851. The zero-order valence-corrected chi connectivity index (χ0v) is 34.4. The van der Waals surface area contributed by atoms with Crippen molar-refractivity contribution in [1.29, 1.82) is 0 Å². The Balaban J connectivity index is 3.42. The van der Waals surface area contributed by atoms with Crippen molar-refractivity contribution in [3.05, 3.63) is 36.5 Å². The van der Waals surface area contributed by atoms with Crippen molar-refractivity contribution in [3.63, 3.8) is 0 Å². The lowest BCUT2D eigenvalue weighted by Gasteiger charge is -2.16. The lowest BCUT2D eigenvalue weighted by molar-refractivity contribution is -0.154. The Morgan fingerprint density at radius 1 is 0.471 bits per heavy atom. The highest BCUT2D eigenvalue weighted by Gasteiger charge is 2.13. The molecule has 0 aliphatic heterocycles. The van der Waals surface area contributed by atoms with Gasteiger partial charge in [-0.15, -0.1) is 0 Å². The van der Waals surface area contributed by atoms with E-state index in [4.69, 9.17) is 9.47 Å². The van der Waals surface area contributed by atoms with Gasteiger partial charge in [-0.1, -0.05) is 192 Å². The zero-order valence-electron chi connectivity index (χ0n) is 34.4. The third-order valence-corrected chi connectivity index (χ3v) is 9.94. The summed E-state index contributed by atoms with van der Waals surface area (Å²) in [4.78, 5) is 12.2. The van der Waals surface area contributed by atoms with Gasteiger partial charge in [-0.25, -0.2) is 0 Å². The Kier molecular flexibility index (Phi) is 43.5. The minimum absolute atomic E-state index is 0.173. The Hall–Kier alpha value is -1.39. The molecule has 51 heavy (non-hydrogen) atoms. The molecule has 0 amide bonds. The van der Waals surface area contributed by atoms with Gasteiger partial charge in [0.1, 0.15) is 6.10 Å². The van der Waals surface area contributed by atoms with Crippen molar-refractivity contribution < 1.29 is 19.4 Å². The molecule has 0 aromatic rings. The zero-order chi connectivity index (χ0) is 37.0. The van der Waals surface area contributed by atoms with E-state index >= 15 is 0 Å². The minimum atomic E-state index is -0.537. The Morgan fingerprint density at radius 2 is 0.824 bits per heavy atom.